The van der Waals surface area contributed by atoms with Gasteiger partial charge in [-0.1, -0.05) is 19.4 Å². The lowest BCUT2D eigenvalue weighted by Crippen LogP contribution is -2.50. The number of hydrogen-bond acceptors (Lipinski definition) is 2. The number of halogens is 2. The molecule has 0 aliphatic rings. The Morgan fingerprint density at radius 3 is 2.58 bits per heavy atom. The molecule has 0 spiro atoms. The molecule has 0 saturated heterocycles. The second kappa shape index (κ2) is 6.10. The fraction of sp³-hybridized carbons (Fsp3) is 0.500. The number of benzene rings is 1. The van der Waals surface area contributed by atoms with Crippen molar-refractivity contribution in [1.29, 1.82) is 0 Å². The molecule has 0 amide bonds. The molecule has 0 radical (unpaired) electrons. The highest BCUT2D eigenvalue weighted by Gasteiger charge is 2.33. The van der Waals surface area contributed by atoms with Crippen LogP contribution in [0.5, 0.6) is 0 Å². The Kier molecular flexibility index (Phi) is 5.00. The van der Waals surface area contributed by atoms with E-state index in [9.17, 15) is 18.7 Å². The number of carbonyl (C=O) groups is 1. The van der Waals surface area contributed by atoms with Crippen LogP contribution >= 0.6 is 0 Å². The van der Waals surface area contributed by atoms with Gasteiger partial charge in [0, 0.05) is 17.7 Å². The van der Waals surface area contributed by atoms with Gasteiger partial charge in [-0.25, -0.2) is 8.78 Å². The molecule has 0 aliphatic heterocycles. The third-order valence-electron chi connectivity index (χ3n) is 3.19. The van der Waals surface area contributed by atoms with Crippen LogP contribution in [0.1, 0.15) is 45.2 Å². The van der Waals surface area contributed by atoms with Gasteiger partial charge in [0.1, 0.15) is 17.2 Å². The quantitative estimate of drug-likeness (QED) is 0.835. The number of carboxylic acid groups (broad SMARTS) is 1. The first-order valence-corrected chi connectivity index (χ1v) is 6.26. The van der Waals surface area contributed by atoms with Gasteiger partial charge in [-0.05, 0) is 26.3 Å². The van der Waals surface area contributed by atoms with Crippen molar-refractivity contribution < 1.29 is 18.7 Å². The Bertz CT molecular complexity index is 465. The van der Waals surface area contributed by atoms with Crippen LogP contribution in [-0.4, -0.2) is 16.6 Å². The van der Waals surface area contributed by atoms with Crippen LogP contribution < -0.4 is 5.32 Å². The molecule has 2 N–H and O–H groups in total. The summed E-state index contributed by atoms with van der Waals surface area (Å²) >= 11 is 0. The first-order valence-electron chi connectivity index (χ1n) is 6.26. The van der Waals surface area contributed by atoms with Gasteiger partial charge in [-0.3, -0.25) is 10.1 Å². The molecule has 2 unspecified atom stereocenters. The fourth-order valence-electron chi connectivity index (χ4n) is 2.15. The van der Waals surface area contributed by atoms with Crippen molar-refractivity contribution in [2.24, 2.45) is 0 Å². The summed E-state index contributed by atoms with van der Waals surface area (Å²) in [6.45, 7) is 5.11. The zero-order valence-corrected chi connectivity index (χ0v) is 11.3. The van der Waals surface area contributed by atoms with Gasteiger partial charge in [0.05, 0.1) is 0 Å². The summed E-state index contributed by atoms with van der Waals surface area (Å²) in [6, 6.07) is 2.77. The van der Waals surface area contributed by atoms with E-state index in [2.05, 4.69) is 5.32 Å². The van der Waals surface area contributed by atoms with Crippen LogP contribution in [0.15, 0.2) is 18.2 Å². The highest BCUT2D eigenvalue weighted by molar-refractivity contribution is 5.78. The maximum absolute atomic E-state index is 13.6. The monoisotopic (exact) mass is 271 g/mol. The molecule has 0 aromatic heterocycles. The second-order valence-electron chi connectivity index (χ2n) is 4.92. The second-order valence-corrected chi connectivity index (χ2v) is 4.92. The largest absolute Gasteiger partial charge is 0.480 e. The van der Waals surface area contributed by atoms with E-state index in [1.165, 1.54) is 6.07 Å². The highest BCUT2D eigenvalue weighted by atomic mass is 19.1. The summed E-state index contributed by atoms with van der Waals surface area (Å²) in [7, 11) is 0. The average molecular weight is 271 g/mol. The molecule has 3 nitrogen and oxygen atoms in total. The van der Waals surface area contributed by atoms with E-state index in [1.807, 2.05) is 6.92 Å². The molecular weight excluding hydrogens is 252 g/mol. The minimum Gasteiger partial charge on any atom is -0.480 e. The summed E-state index contributed by atoms with van der Waals surface area (Å²) in [4.78, 5) is 11.3. The molecule has 1 rings (SSSR count). The zero-order valence-electron chi connectivity index (χ0n) is 11.3. The molecule has 19 heavy (non-hydrogen) atoms. The minimum atomic E-state index is -1.13. The summed E-state index contributed by atoms with van der Waals surface area (Å²) in [6.07, 6.45) is 1.11. The van der Waals surface area contributed by atoms with E-state index in [0.29, 0.717) is 12.8 Å². The Hall–Kier alpha value is -1.49. The number of rotatable bonds is 6. The Balaban J connectivity index is 2.94. The van der Waals surface area contributed by atoms with Crippen molar-refractivity contribution in [2.45, 2.75) is 45.2 Å². The molecule has 0 saturated carbocycles. The number of nitrogens with one attached hydrogen (secondary N) is 1. The van der Waals surface area contributed by atoms with Gasteiger partial charge in [-0.15, -0.1) is 0 Å². The Morgan fingerprint density at radius 2 is 2.11 bits per heavy atom. The van der Waals surface area contributed by atoms with Gasteiger partial charge in [0.15, 0.2) is 0 Å². The molecule has 0 bridgehead atoms. The maximum atomic E-state index is 13.6. The average Bonchev–Trinajstić information content (AvgIpc) is 2.28. The normalized spacial score (nSPS) is 15.8. The first kappa shape index (κ1) is 15.6. The van der Waals surface area contributed by atoms with Gasteiger partial charge in [0.2, 0.25) is 0 Å². The van der Waals surface area contributed by atoms with Gasteiger partial charge < -0.3 is 5.11 Å². The minimum absolute atomic E-state index is 0.255. The van der Waals surface area contributed by atoms with Crippen molar-refractivity contribution in [3.63, 3.8) is 0 Å². The molecular formula is C14H19F2NO2. The molecule has 106 valence electrons. The Labute approximate surface area is 111 Å². The predicted molar refractivity (Wildman–Crippen MR) is 68.9 cm³/mol. The van der Waals surface area contributed by atoms with Crippen molar-refractivity contribution in [3.05, 3.63) is 35.4 Å². The van der Waals surface area contributed by atoms with Crippen LogP contribution in [0.3, 0.4) is 0 Å². The molecule has 1 aromatic carbocycles. The molecule has 5 heteroatoms. The third kappa shape index (κ3) is 3.73. The lowest BCUT2D eigenvalue weighted by Gasteiger charge is -2.30. The summed E-state index contributed by atoms with van der Waals surface area (Å²) in [5.74, 6) is -2.31. The summed E-state index contributed by atoms with van der Waals surface area (Å²) < 4.78 is 26.5. The SMILES string of the molecule is CCCC(C)(NC(C)c1ccc(F)cc1F)C(=O)O. The summed E-state index contributed by atoms with van der Waals surface area (Å²) in [5.41, 5.74) is -0.875. The zero-order chi connectivity index (χ0) is 14.6. The van der Waals surface area contributed by atoms with Crippen molar-refractivity contribution in [1.82, 2.24) is 5.32 Å². The van der Waals surface area contributed by atoms with Gasteiger partial charge in [0.25, 0.3) is 0 Å². The molecule has 0 heterocycles. The topological polar surface area (TPSA) is 49.3 Å². The van der Waals surface area contributed by atoms with Crippen molar-refractivity contribution in [3.8, 4) is 0 Å². The Morgan fingerprint density at radius 1 is 1.47 bits per heavy atom. The van der Waals surface area contributed by atoms with Gasteiger partial charge in [-0.2, -0.15) is 0 Å². The lowest BCUT2D eigenvalue weighted by molar-refractivity contribution is -0.144. The van der Waals surface area contributed by atoms with Crippen LogP contribution in [0.4, 0.5) is 8.78 Å². The first-order chi connectivity index (χ1) is 8.80. The van der Waals surface area contributed by atoms with Crippen molar-refractivity contribution >= 4 is 5.97 Å². The molecule has 0 aliphatic carbocycles. The van der Waals surface area contributed by atoms with Gasteiger partial charge >= 0.3 is 5.97 Å². The van der Waals surface area contributed by atoms with Crippen LogP contribution in [0.25, 0.3) is 0 Å². The third-order valence-corrected chi connectivity index (χ3v) is 3.19. The highest BCUT2D eigenvalue weighted by Crippen LogP contribution is 2.23. The van der Waals surface area contributed by atoms with E-state index < -0.39 is 29.2 Å². The summed E-state index contributed by atoms with van der Waals surface area (Å²) in [5, 5.41) is 12.2. The van der Waals surface area contributed by atoms with E-state index in [0.717, 1.165) is 12.1 Å². The van der Waals surface area contributed by atoms with Crippen LogP contribution in [0, 0.1) is 11.6 Å². The maximum Gasteiger partial charge on any atom is 0.323 e. The van der Waals surface area contributed by atoms with E-state index >= 15 is 0 Å². The fourth-order valence-corrected chi connectivity index (χ4v) is 2.15. The van der Waals surface area contributed by atoms with E-state index in [1.54, 1.807) is 13.8 Å². The number of carboxylic acids is 1. The predicted octanol–water partition coefficient (Wildman–Crippen LogP) is 3.26. The lowest BCUT2D eigenvalue weighted by atomic mass is 9.94. The van der Waals surface area contributed by atoms with Crippen LogP contribution in [0.2, 0.25) is 0 Å². The molecule has 2 atom stereocenters. The van der Waals surface area contributed by atoms with E-state index in [4.69, 9.17) is 0 Å². The smallest absolute Gasteiger partial charge is 0.323 e. The van der Waals surface area contributed by atoms with E-state index in [-0.39, 0.29) is 5.56 Å². The molecule has 0 fully saturated rings. The standard InChI is InChI=1S/C14H19F2NO2/c1-4-7-14(3,13(18)19)17-9(2)11-6-5-10(15)8-12(11)16/h5-6,8-9,17H,4,7H2,1-3H3,(H,18,19). The number of aliphatic carboxylic acids is 1. The molecule has 1 aromatic rings. The van der Waals surface area contributed by atoms with Crippen LogP contribution in [-0.2, 0) is 4.79 Å². The van der Waals surface area contributed by atoms with Crippen molar-refractivity contribution in [2.75, 3.05) is 0 Å². The number of hydrogen-bond donors (Lipinski definition) is 2.